The van der Waals surface area contributed by atoms with E-state index < -0.39 is 5.54 Å². The quantitative estimate of drug-likeness (QED) is 0.282. The topological polar surface area (TPSA) is 83.6 Å². The van der Waals surface area contributed by atoms with Gasteiger partial charge in [-0.05, 0) is 24.6 Å². The highest BCUT2D eigenvalue weighted by Crippen LogP contribution is 2.24. The Morgan fingerprint density at radius 1 is 1.23 bits per heavy atom. The molecular formula is C17H18N2O3. The van der Waals surface area contributed by atoms with Gasteiger partial charge in [0, 0.05) is 17.7 Å². The molecule has 1 amide bonds. The lowest BCUT2D eigenvalue weighted by molar-refractivity contribution is -0.169. The Kier molecular flexibility index (Phi) is 4.58. The molecule has 2 rings (SSSR count). The lowest BCUT2D eigenvalue weighted by Crippen LogP contribution is -2.52. The van der Waals surface area contributed by atoms with Crippen molar-refractivity contribution in [3.8, 4) is 0 Å². The van der Waals surface area contributed by atoms with Crippen LogP contribution in [-0.2, 0) is 11.2 Å². The zero-order chi connectivity index (χ0) is 16.2. The number of rotatable bonds is 6. The van der Waals surface area contributed by atoms with Crippen molar-refractivity contribution in [1.29, 1.82) is 0 Å². The molecule has 0 saturated carbocycles. The van der Waals surface area contributed by atoms with Gasteiger partial charge < -0.3 is 5.73 Å². The van der Waals surface area contributed by atoms with Gasteiger partial charge in [-0.1, -0.05) is 42.5 Å². The monoisotopic (exact) mass is 298 g/mol. The van der Waals surface area contributed by atoms with Gasteiger partial charge in [0.15, 0.2) is 5.78 Å². The fourth-order valence-corrected chi connectivity index (χ4v) is 2.37. The van der Waals surface area contributed by atoms with Crippen LogP contribution in [0.1, 0.15) is 22.8 Å². The molecule has 3 N–H and O–H groups in total. The first-order valence-corrected chi connectivity index (χ1v) is 6.85. The molecule has 0 bridgehead atoms. The Morgan fingerprint density at radius 2 is 1.91 bits per heavy atom. The number of ketones is 1. The predicted octanol–water partition coefficient (Wildman–Crippen LogP) is 2.30. The molecule has 1 atom stereocenters. The maximum Gasteiger partial charge on any atom is 0.234 e. The Bertz CT molecular complexity index is 673. The van der Waals surface area contributed by atoms with Crippen LogP contribution in [0.15, 0.2) is 54.6 Å². The average Bonchev–Trinajstić information content (AvgIpc) is 2.54. The highest BCUT2D eigenvalue weighted by Gasteiger charge is 2.39. The Balaban J connectivity index is 2.40. The van der Waals surface area contributed by atoms with Crippen molar-refractivity contribution in [3.05, 3.63) is 65.7 Å². The van der Waals surface area contributed by atoms with Crippen molar-refractivity contribution in [2.24, 2.45) is 0 Å². The fraction of sp³-hybridized carbons (Fsp3) is 0.176. The molecule has 0 aliphatic rings. The van der Waals surface area contributed by atoms with E-state index in [1.54, 1.807) is 18.2 Å². The molecular weight excluding hydrogens is 280 g/mol. The third-order valence-corrected chi connectivity index (χ3v) is 3.63. The Labute approximate surface area is 128 Å². The van der Waals surface area contributed by atoms with Gasteiger partial charge in [0.1, 0.15) is 5.54 Å². The number of anilines is 1. The zero-order valence-electron chi connectivity index (χ0n) is 12.3. The van der Waals surface area contributed by atoms with Crippen LogP contribution in [0, 0.1) is 0 Å². The van der Waals surface area contributed by atoms with Crippen molar-refractivity contribution in [2.45, 2.75) is 18.9 Å². The number of nitrogens with two attached hydrogens (primary N) is 1. The molecule has 5 heteroatoms. The minimum Gasteiger partial charge on any atom is -0.399 e. The Hall–Kier alpha value is -2.66. The van der Waals surface area contributed by atoms with E-state index in [1.165, 1.54) is 13.0 Å². The molecule has 0 fully saturated rings. The standard InChI is InChI=1S/C17H18N2O3/c1-17(19(22)12-20,11-13-6-3-2-4-7-13)16(21)14-8-5-9-15(18)10-14/h2-10,12,22H,11,18H2,1H3/t17-/m1/s1. The normalized spacial score (nSPS) is 13.2. The van der Waals surface area contributed by atoms with Gasteiger partial charge in [-0.25, -0.2) is 5.06 Å². The van der Waals surface area contributed by atoms with Crippen LogP contribution in [0.3, 0.4) is 0 Å². The summed E-state index contributed by atoms with van der Waals surface area (Å²) in [5.74, 6) is -0.377. The van der Waals surface area contributed by atoms with Crippen LogP contribution in [0.25, 0.3) is 0 Å². The Morgan fingerprint density at radius 3 is 2.50 bits per heavy atom. The first-order chi connectivity index (χ1) is 10.5. The molecule has 2 aromatic rings. The van der Waals surface area contributed by atoms with E-state index in [2.05, 4.69) is 0 Å². The lowest BCUT2D eigenvalue weighted by atomic mass is 9.85. The third-order valence-electron chi connectivity index (χ3n) is 3.63. The van der Waals surface area contributed by atoms with E-state index >= 15 is 0 Å². The van der Waals surface area contributed by atoms with Gasteiger partial charge in [0.25, 0.3) is 0 Å². The van der Waals surface area contributed by atoms with Crippen LogP contribution in [0.2, 0.25) is 0 Å². The fourth-order valence-electron chi connectivity index (χ4n) is 2.37. The number of nitrogens with zero attached hydrogens (tertiary/aromatic N) is 1. The number of amides is 1. The number of carbonyl (C=O) groups is 2. The van der Waals surface area contributed by atoms with E-state index in [4.69, 9.17) is 5.73 Å². The minimum absolute atomic E-state index is 0.191. The molecule has 22 heavy (non-hydrogen) atoms. The highest BCUT2D eigenvalue weighted by molar-refractivity contribution is 6.04. The number of hydrogen-bond donors (Lipinski definition) is 2. The van der Waals surface area contributed by atoms with Gasteiger partial charge in [-0.15, -0.1) is 0 Å². The summed E-state index contributed by atoms with van der Waals surface area (Å²) < 4.78 is 0. The number of carbonyl (C=O) groups excluding carboxylic acids is 2. The number of benzene rings is 2. The lowest BCUT2D eigenvalue weighted by Gasteiger charge is -2.33. The molecule has 5 nitrogen and oxygen atoms in total. The first-order valence-electron chi connectivity index (χ1n) is 6.85. The van der Waals surface area contributed by atoms with Crippen LogP contribution in [0.5, 0.6) is 0 Å². The number of hydrogen-bond acceptors (Lipinski definition) is 4. The predicted molar refractivity (Wildman–Crippen MR) is 83.4 cm³/mol. The maximum absolute atomic E-state index is 12.8. The number of hydroxylamine groups is 2. The summed E-state index contributed by atoms with van der Waals surface area (Å²) in [5.41, 5.74) is 5.93. The van der Waals surface area contributed by atoms with Gasteiger partial charge in [0.2, 0.25) is 6.41 Å². The summed E-state index contributed by atoms with van der Waals surface area (Å²) in [5, 5.41) is 10.4. The molecule has 0 spiro atoms. The van der Waals surface area contributed by atoms with Crippen LogP contribution in [0.4, 0.5) is 5.69 Å². The minimum atomic E-state index is -1.41. The van der Waals surface area contributed by atoms with Crippen molar-refractivity contribution in [2.75, 3.05) is 5.73 Å². The van der Waals surface area contributed by atoms with Gasteiger partial charge in [0.05, 0.1) is 0 Å². The van der Waals surface area contributed by atoms with E-state index in [9.17, 15) is 14.8 Å². The summed E-state index contributed by atoms with van der Waals surface area (Å²) in [6.45, 7) is 1.53. The molecule has 0 aromatic heterocycles. The number of nitrogen functional groups attached to an aromatic ring is 1. The molecule has 114 valence electrons. The summed E-state index contributed by atoms with van der Waals surface area (Å²) >= 11 is 0. The van der Waals surface area contributed by atoms with Crippen LogP contribution >= 0.6 is 0 Å². The molecule has 0 radical (unpaired) electrons. The van der Waals surface area contributed by atoms with Crippen LogP contribution in [-0.4, -0.2) is 28.0 Å². The van der Waals surface area contributed by atoms with E-state index in [0.29, 0.717) is 16.3 Å². The molecule has 0 aliphatic heterocycles. The first kappa shape index (κ1) is 15.7. The summed E-state index contributed by atoms with van der Waals surface area (Å²) in [7, 11) is 0. The second kappa shape index (κ2) is 6.41. The van der Waals surface area contributed by atoms with Gasteiger partial charge in [-0.3, -0.25) is 14.8 Å². The van der Waals surface area contributed by atoms with Crippen molar-refractivity contribution in [1.82, 2.24) is 5.06 Å². The summed E-state index contributed by atoms with van der Waals surface area (Å²) in [6, 6.07) is 15.7. The molecule has 0 heterocycles. The number of Topliss-reactive ketones (excluding diaryl/α,β-unsaturated/α-hetero) is 1. The zero-order valence-corrected chi connectivity index (χ0v) is 12.3. The third kappa shape index (κ3) is 3.15. The summed E-state index contributed by atoms with van der Waals surface area (Å²) in [4.78, 5) is 23.9. The molecule has 0 aliphatic carbocycles. The molecule has 0 unspecified atom stereocenters. The van der Waals surface area contributed by atoms with Crippen molar-refractivity contribution < 1.29 is 14.8 Å². The second-order valence-corrected chi connectivity index (χ2v) is 5.34. The highest BCUT2D eigenvalue weighted by atomic mass is 16.5. The van der Waals surface area contributed by atoms with Gasteiger partial charge in [-0.2, -0.15) is 0 Å². The SMILES string of the molecule is C[C@@](Cc1ccccc1)(C(=O)c1cccc(N)c1)N(O)C=O. The van der Waals surface area contributed by atoms with Crippen molar-refractivity contribution >= 4 is 17.9 Å². The van der Waals surface area contributed by atoms with Crippen LogP contribution < -0.4 is 5.73 Å². The molecule has 0 saturated heterocycles. The molecule has 2 aromatic carbocycles. The summed E-state index contributed by atoms with van der Waals surface area (Å²) in [6.07, 6.45) is 0.434. The smallest absolute Gasteiger partial charge is 0.234 e. The maximum atomic E-state index is 12.8. The average molecular weight is 298 g/mol. The van der Waals surface area contributed by atoms with Gasteiger partial charge >= 0.3 is 0 Å². The van der Waals surface area contributed by atoms with E-state index in [1.807, 2.05) is 30.3 Å². The van der Waals surface area contributed by atoms with Crippen molar-refractivity contribution in [3.63, 3.8) is 0 Å². The van der Waals surface area contributed by atoms with E-state index in [-0.39, 0.29) is 18.6 Å². The largest absolute Gasteiger partial charge is 0.399 e. The second-order valence-electron chi connectivity index (χ2n) is 5.34. The van der Waals surface area contributed by atoms with E-state index in [0.717, 1.165) is 5.56 Å².